The summed E-state index contributed by atoms with van der Waals surface area (Å²) in [6.07, 6.45) is 0. The lowest BCUT2D eigenvalue weighted by Crippen LogP contribution is -2.21. The van der Waals surface area contributed by atoms with Crippen LogP contribution in [0.4, 0.5) is 11.4 Å². The number of carbonyl (C=O) groups excluding carboxylic acids is 1. The van der Waals surface area contributed by atoms with Gasteiger partial charge in [-0.1, -0.05) is 12.1 Å². The summed E-state index contributed by atoms with van der Waals surface area (Å²) < 4.78 is 1.63. The molecule has 5 heteroatoms. The number of nitrogens with two attached hydrogens (primary N) is 1. The number of nitrogens with zero attached hydrogens (tertiary/aromatic N) is 2. The summed E-state index contributed by atoms with van der Waals surface area (Å²) in [4.78, 5) is 12.1. The summed E-state index contributed by atoms with van der Waals surface area (Å²) in [5, 5.41) is 7.18. The Morgan fingerprint density at radius 2 is 2.00 bits per heavy atom. The predicted octanol–water partition coefficient (Wildman–Crippen LogP) is 2.34. The molecule has 0 bridgehead atoms. The zero-order chi connectivity index (χ0) is 14.9. The van der Waals surface area contributed by atoms with Gasteiger partial charge in [0.1, 0.15) is 6.54 Å². The van der Waals surface area contributed by atoms with Crippen LogP contribution in [0.15, 0.2) is 18.2 Å². The van der Waals surface area contributed by atoms with E-state index >= 15 is 0 Å². The normalized spacial score (nSPS) is 10.6. The number of nitrogens with one attached hydrogen (secondary N) is 1. The highest BCUT2D eigenvalue weighted by molar-refractivity contribution is 5.91. The third-order valence-corrected chi connectivity index (χ3v) is 3.61. The second kappa shape index (κ2) is 5.36. The van der Waals surface area contributed by atoms with Crippen LogP contribution in [0.25, 0.3) is 0 Å². The van der Waals surface area contributed by atoms with Crippen LogP contribution in [0.3, 0.4) is 0 Å². The van der Waals surface area contributed by atoms with Crippen LogP contribution in [0.2, 0.25) is 0 Å². The fraction of sp³-hybridized carbons (Fsp3) is 0.333. The Balaban J connectivity index is 2.13. The van der Waals surface area contributed by atoms with E-state index in [1.165, 1.54) is 0 Å². The van der Waals surface area contributed by atoms with Gasteiger partial charge in [0.15, 0.2) is 0 Å². The predicted molar refractivity (Wildman–Crippen MR) is 80.7 cm³/mol. The Labute approximate surface area is 118 Å². The van der Waals surface area contributed by atoms with Gasteiger partial charge in [-0.2, -0.15) is 5.10 Å². The van der Waals surface area contributed by atoms with E-state index in [0.29, 0.717) is 5.69 Å². The molecule has 0 aliphatic rings. The van der Waals surface area contributed by atoms with Crippen LogP contribution in [0.1, 0.15) is 22.5 Å². The van der Waals surface area contributed by atoms with Crippen molar-refractivity contribution >= 4 is 17.3 Å². The molecule has 0 fully saturated rings. The number of hydrogen-bond donors (Lipinski definition) is 2. The topological polar surface area (TPSA) is 72.9 Å². The first-order valence-corrected chi connectivity index (χ1v) is 6.55. The maximum atomic E-state index is 12.1. The van der Waals surface area contributed by atoms with Crippen molar-refractivity contribution in [3.63, 3.8) is 0 Å². The van der Waals surface area contributed by atoms with Gasteiger partial charge < -0.3 is 11.1 Å². The van der Waals surface area contributed by atoms with E-state index in [-0.39, 0.29) is 12.5 Å². The fourth-order valence-corrected chi connectivity index (χ4v) is 2.08. The van der Waals surface area contributed by atoms with Crippen molar-refractivity contribution in [3.05, 3.63) is 40.7 Å². The van der Waals surface area contributed by atoms with Gasteiger partial charge in [-0.15, -0.1) is 0 Å². The number of anilines is 2. The largest absolute Gasteiger partial charge is 0.396 e. The van der Waals surface area contributed by atoms with Crippen LogP contribution in [-0.2, 0) is 11.3 Å². The highest BCUT2D eigenvalue weighted by Gasteiger charge is 2.12. The minimum absolute atomic E-state index is 0.107. The first-order chi connectivity index (χ1) is 9.40. The van der Waals surface area contributed by atoms with Gasteiger partial charge >= 0.3 is 0 Å². The standard InChI is InChI=1S/C15H20N4O/c1-9-6-5-7-13(10(9)2)17-14(20)8-19-12(4)15(16)11(3)18-19/h5-7H,8,16H2,1-4H3,(H,17,20). The summed E-state index contributed by atoms with van der Waals surface area (Å²) in [6, 6.07) is 5.85. The van der Waals surface area contributed by atoms with Crippen molar-refractivity contribution in [2.45, 2.75) is 34.2 Å². The average molecular weight is 272 g/mol. The smallest absolute Gasteiger partial charge is 0.246 e. The average Bonchev–Trinajstić information content (AvgIpc) is 2.63. The molecule has 0 radical (unpaired) electrons. The molecule has 3 N–H and O–H groups in total. The van der Waals surface area contributed by atoms with Crippen LogP contribution >= 0.6 is 0 Å². The number of rotatable bonds is 3. The third-order valence-electron chi connectivity index (χ3n) is 3.61. The molecule has 0 spiro atoms. The lowest BCUT2D eigenvalue weighted by atomic mass is 10.1. The van der Waals surface area contributed by atoms with Crippen molar-refractivity contribution in [1.82, 2.24) is 9.78 Å². The SMILES string of the molecule is Cc1cccc(NC(=O)Cn2nc(C)c(N)c2C)c1C. The Hall–Kier alpha value is -2.30. The number of carbonyl (C=O) groups is 1. The van der Waals surface area contributed by atoms with Crippen molar-refractivity contribution in [2.75, 3.05) is 11.1 Å². The van der Waals surface area contributed by atoms with Crippen molar-refractivity contribution < 1.29 is 4.79 Å². The molecular formula is C15H20N4O. The van der Waals surface area contributed by atoms with E-state index in [0.717, 1.165) is 28.2 Å². The Morgan fingerprint density at radius 1 is 1.30 bits per heavy atom. The fourth-order valence-electron chi connectivity index (χ4n) is 2.08. The number of hydrogen-bond acceptors (Lipinski definition) is 3. The molecule has 2 rings (SSSR count). The van der Waals surface area contributed by atoms with Gasteiger partial charge in [-0.25, -0.2) is 0 Å². The minimum atomic E-state index is -0.107. The molecule has 106 valence electrons. The van der Waals surface area contributed by atoms with Crippen molar-refractivity contribution in [3.8, 4) is 0 Å². The van der Waals surface area contributed by atoms with Crippen LogP contribution in [-0.4, -0.2) is 15.7 Å². The van der Waals surface area contributed by atoms with Gasteiger partial charge in [-0.05, 0) is 44.9 Å². The van der Waals surface area contributed by atoms with E-state index in [9.17, 15) is 4.79 Å². The lowest BCUT2D eigenvalue weighted by Gasteiger charge is -2.11. The maximum Gasteiger partial charge on any atom is 0.246 e. The molecule has 1 amide bonds. The number of aryl methyl sites for hydroxylation is 2. The molecular weight excluding hydrogens is 252 g/mol. The summed E-state index contributed by atoms with van der Waals surface area (Å²) in [6.45, 7) is 7.87. The maximum absolute atomic E-state index is 12.1. The summed E-state index contributed by atoms with van der Waals surface area (Å²) in [5.41, 5.74) is 11.1. The molecule has 0 aliphatic heterocycles. The molecule has 20 heavy (non-hydrogen) atoms. The summed E-state index contributed by atoms with van der Waals surface area (Å²) >= 11 is 0. The molecule has 0 saturated carbocycles. The highest BCUT2D eigenvalue weighted by Crippen LogP contribution is 2.18. The Bertz CT molecular complexity index is 658. The van der Waals surface area contributed by atoms with Crippen LogP contribution < -0.4 is 11.1 Å². The van der Waals surface area contributed by atoms with E-state index in [4.69, 9.17) is 5.73 Å². The molecule has 1 aromatic heterocycles. The van der Waals surface area contributed by atoms with Gasteiger partial charge in [0.2, 0.25) is 5.91 Å². The Kier molecular flexibility index (Phi) is 3.79. The van der Waals surface area contributed by atoms with E-state index in [2.05, 4.69) is 10.4 Å². The second-order valence-corrected chi connectivity index (χ2v) is 5.04. The number of benzene rings is 1. The molecule has 2 aromatic rings. The van der Waals surface area contributed by atoms with E-state index < -0.39 is 0 Å². The Morgan fingerprint density at radius 3 is 2.60 bits per heavy atom. The quantitative estimate of drug-likeness (QED) is 0.900. The third kappa shape index (κ3) is 2.66. The van der Waals surface area contributed by atoms with Gasteiger partial charge in [0.25, 0.3) is 0 Å². The first kappa shape index (κ1) is 14.1. The molecule has 0 saturated heterocycles. The van der Waals surface area contributed by atoms with Crippen molar-refractivity contribution in [1.29, 1.82) is 0 Å². The molecule has 0 atom stereocenters. The molecule has 0 unspecified atom stereocenters. The zero-order valence-electron chi connectivity index (χ0n) is 12.3. The van der Waals surface area contributed by atoms with Crippen LogP contribution in [0, 0.1) is 27.7 Å². The van der Waals surface area contributed by atoms with Gasteiger partial charge in [-0.3, -0.25) is 9.48 Å². The number of nitrogen functional groups attached to an aromatic ring is 1. The molecule has 0 aliphatic carbocycles. The number of amides is 1. The van der Waals surface area contributed by atoms with E-state index in [1.807, 2.05) is 45.9 Å². The van der Waals surface area contributed by atoms with Gasteiger partial charge in [0.05, 0.1) is 17.1 Å². The second-order valence-electron chi connectivity index (χ2n) is 5.04. The lowest BCUT2D eigenvalue weighted by molar-refractivity contribution is -0.116. The minimum Gasteiger partial charge on any atom is -0.396 e. The highest BCUT2D eigenvalue weighted by atomic mass is 16.2. The van der Waals surface area contributed by atoms with E-state index in [1.54, 1.807) is 4.68 Å². The molecule has 1 aromatic carbocycles. The monoisotopic (exact) mass is 272 g/mol. The molecule has 1 heterocycles. The zero-order valence-corrected chi connectivity index (χ0v) is 12.3. The summed E-state index contributed by atoms with van der Waals surface area (Å²) in [5.74, 6) is -0.107. The van der Waals surface area contributed by atoms with Crippen molar-refractivity contribution in [2.24, 2.45) is 0 Å². The summed E-state index contributed by atoms with van der Waals surface area (Å²) in [7, 11) is 0. The van der Waals surface area contributed by atoms with Gasteiger partial charge in [0, 0.05) is 5.69 Å². The first-order valence-electron chi connectivity index (χ1n) is 6.55. The molecule has 5 nitrogen and oxygen atoms in total. The van der Waals surface area contributed by atoms with Crippen LogP contribution in [0.5, 0.6) is 0 Å². The number of aromatic nitrogens is 2.